The van der Waals surface area contributed by atoms with Crippen LogP contribution in [0.5, 0.6) is 5.75 Å². The van der Waals surface area contributed by atoms with E-state index in [1.54, 1.807) is 0 Å². The average molecular weight is 282 g/mol. The van der Waals surface area contributed by atoms with Gasteiger partial charge in [0, 0.05) is 18.2 Å². The van der Waals surface area contributed by atoms with Crippen LogP contribution < -0.4 is 10.1 Å². The smallest absolute Gasteiger partial charge is 0.305 e. The highest BCUT2D eigenvalue weighted by Gasteiger charge is 2.19. The van der Waals surface area contributed by atoms with Crippen molar-refractivity contribution >= 4 is 17.6 Å². The monoisotopic (exact) mass is 282 g/mol. The molecule has 0 saturated heterocycles. The van der Waals surface area contributed by atoms with Gasteiger partial charge in [-0.1, -0.05) is 0 Å². The van der Waals surface area contributed by atoms with Crippen molar-refractivity contribution in [3.63, 3.8) is 0 Å². The number of ether oxygens (including phenoxy) is 1. The topological polar surface area (TPSA) is 119 Å². The number of nitro benzene ring substituents is 1. The molecule has 0 unspecified atom stereocenters. The summed E-state index contributed by atoms with van der Waals surface area (Å²) in [6, 6.07) is 2.51. The van der Waals surface area contributed by atoms with Crippen LogP contribution in [0.25, 0.3) is 0 Å². The predicted octanol–water partition coefficient (Wildman–Crippen LogP) is 1.12. The maximum atomic E-state index is 11.8. The zero-order chi connectivity index (χ0) is 15.3. The fourth-order valence-corrected chi connectivity index (χ4v) is 1.59. The molecule has 0 atom stereocenters. The highest BCUT2D eigenvalue weighted by atomic mass is 16.6. The van der Waals surface area contributed by atoms with Gasteiger partial charge in [0.2, 0.25) is 0 Å². The van der Waals surface area contributed by atoms with E-state index >= 15 is 0 Å². The summed E-state index contributed by atoms with van der Waals surface area (Å²) >= 11 is 0. The second-order valence-corrected chi connectivity index (χ2v) is 3.98. The summed E-state index contributed by atoms with van der Waals surface area (Å²) < 4.78 is 4.99. The number of carbonyl (C=O) groups is 2. The SMILES string of the molecule is COc1cc(C(=O)NCCC(=O)O)cc([N+](=O)[O-])c1C. The van der Waals surface area contributed by atoms with Gasteiger partial charge in [0.1, 0.15) is 5.75 Å². The molecule has 0 aromatic heterocycles. The summed E-state index contributed by atoms with van der Waals surface area (Å²) in [7, 11) is 1.35. The van der Waals surface area contributed by atoms with Crippen molar-refractivity contribution in [2.45, 2.75) is 13.3 Å². The lowest BCUT2D eigenvalue weighted by Gasteiger charge is -2.09. The number of nitrogens with zero attached hydrogens (tertiary/aromatic N) is 1. The first-order valence-electron chi connectivity index (χ1n) is 5.69. The van der Waals surface area contributed by atoms with Gasteiger partial charge in [-0.3, -0.25) is 19.7 Å². The molecule has 0 aliphatic carbocycles. The van der Waals surface area contributed by atoms with E-state index in [1.165, 1.54) is 20.1 Å². The number of hydrogen-bond acceptors (Lipinski definition) is 5. The number of benzene rings is 1. The van der Waals surface area contributed by atoms with Crippen molar-refractivity contribution in [1.29, 1.82) is 0 Å². The molecular weight excluding hydrogens is 268 g/mol. The zero-order valence-electron chi connectivity index (χ0n) is 11.0. The number of carboxylic acid groups (broad SMARTS) is 1. The number of nitrogens with one attached hydrogen (secondary N) is 1. The number of carbonyl (C=O) groups excluding carboxylic acids is 1. The summed E-state index contributed by atoms with van der Waals surface area (Å²) in [5, 5.41) is 21.7. The largest absolute Gasteiger partial charge is 0.496 e. The predicted molar refractivity (Wildman–Crippen MR) is 69.0 cm³/mol. The molecule has 0 bridgehead atoms. The Morgan fingerprint density at radius 1 is 1.45 bits per heavy atom. The summed E-state index contributed by atoms with van der Waals surface area (Å²) in [4.78, 5) is 32.4. The van der Waals surface area contributed by atoms with E-state index in [2.05, 4.69) is 5.32 Å². The fourth-order valence-electron chi connectivity index (χ4n) is 1.59. The minimum Gasteiger partial charge on any atom is -0.496 e. The number of rotatable bonds is 6. The summed E-state index contributed by atoms with van der Waals surface area (Å²) in [5.74, 6) is -1.41. The Kier molecular flexibility index (Phi) is 5.01. The van der Waals surface area contributed by atoms with E-state index in [0.717, 1.165) is 6.07 Å². The van der Waals surface area contributed by atoms with Crippen LogP contribution in [-0.2, 0) is 4.79 Å². The number of nitro groups is 1. The molecule has 0 spiro atoms. The quantitative estimate of drug-likeness (QED) is 0.596. The molecule has 1 aromatic rings. The van der Waals surface area contributed by atoms with Crippen LogP contribution in [0.15, 0.2) is 12.1 Å². The molecule has 20 heavy (non-hydrogen) atoms. The third kappa shape index (κ3) is 3.67. The van der Waals surface area contributed by atoms with Crippen molar-refractivity contribution in [2.24, 2.45) is 0 Å². The normalized spacial score (nSPS) is 9.90. The molecule has 0 heterocycles. The highest BCUT2D eigenvalue weighted by molar-refractivity contribution is 5.95. The molecule has 8 nitrogen and oxygen atoms in total. The first-order valence-corrected chi connectivity index (χ1v) is 5.69. The van der Waals surface area contributed by atoms with Crippen LogP contribution in [0, 0.1) is 17.0 Å². The van der Waals surface area contributed by atoms with Gasteiger partial charge in [-0.25, -0.2) is 0 Å². The van der Waals surface area contributed by atoms with Gasteiger partial charge in [0.25, 0.3) is 11.6 Å². The van der Waals surface area contributed by atoms with E-state index in [9.17, 15) is 19.7 Å². The molecule has 1 rings (SSSR count). The minimum atomic E-state index is -1.04. The van der Waals surface area contributed by atoms with Crippen molar-refractivity contribution in [3.8, 4) is 5.75 Å². The first kappa shape index (κ1) is 15.4. The van der Waals surface area contributed by atoms with Crippen LogP contribution in [0.1, 0.15) is 22.3 Å². The molecule has 1 aromatic carbocycles. The number of aliphatic carboxylic acids is 1. The Hall–Kier alpha value is -2.64. The Morgan fingerprint density at radius 3 is 2.60 bits per heavy atom. The summed E-state index contributed by atoms with van der Waals surface area (Å²) in [6.07, 6.45) is -0.225. The van der Waals surface area contributed by atoms with Gasteiger partial charge in [-0.2, -0.15) is 0 Å². The van der Waals surface area contributed by atoms with Crippen LogP contribution in [-0.4, -0.2) is 35.6 Å². The van der Waals surface area contributed by atoms with Crippen molar-refractivity contribution < 1.29 is 24.4 Å². The molecule has 0 aliphatic heterocycles. The molecule has 2 N–H and O–H groups in total. The molecule has 0 fully saturated rings. The van der Waals surface area contributed by atoms with Crippen LogP contribution >= 0.6 is 0 Å². The van der Waals surface area contributed by atoms with Crippen molar-refractivity contribution in [1.82, 2.24) is 5.32 Å². The lowest BCUT2D eigenvalue weighted by Crippen LogP contribution is -2.26. The third-order valence-corrected chi connectivity index (χ3v) is 2.64. The van der Waals surface area contributed by atoms with E-state index in [4.69, 9.17) is 9.84 Å². The van der Waals surface area contributed by atoms with Crippen LogP contribution in [0.3, 0.4) is 0 Å². The Labute approximate surface area is 114 Å². The molecule has 108 valence electrons. The number of methoxy groups -OCH3 is 1. The number of amides is 1. The van der Waals surface area contributed by atoms with E-state index in [0.29, 0.717) is 5.56 Å². The van der Waals surface area contributed by atoms with Gasteiger partial charge >= 0.3 is 5.97 Å². The van der Waals surface area contributed by atoms with Crippen molar-refractivity contribution in [2.75, 3.05) is 13.7 Å². The number of carboxylic acids is 1. The van der Waals surface area contributed by atoms with Crippen LogP contribution in [0.2, 0.25) is 0 Å². The van der Waals surface area contributed by atoms with Gasteiger partial charge in [-0.05, 0) is 13.0 Å². The summed E-state index contributed by atoms with van der Waals surface area (Å²) in [6.45, 7) is 1.46. The van der Waals surface area contributed by atoms with E-state index < -0.39 is 16.8 Å². The molecule has 0 aliphatic rings. The second-order valence-electron chi connectivity index (χ2n) is 3.98. The summed E-state index contributed by atoms with van der Waals surface area (Å²) in [5.41, 5.74) is 0.136. The molecule has 8 heteroatoms. The first-order chi connectivity index (χ1) is 9.36. The van der Waals surface area contributed by atoms with E-state index in [1.807, 2.05) is 0 Å². The Morgan fingerprint density at radius 2 is 2.10 bits per heavy atom. The lowest BCUT2D eigenvalue weighted by atomic mass is 10.1. The van der Waals surface area contributed by atoms with Crippen molar-refractivity contribution in [3.05, 3.63) is 33.4 Å². The third-order valence-electron chi connectivity index (χ3n) is 2.64. The Balaban J connectivity index is 3.00. The van der Waals surface area contributed by atoms with Gasteiger partial charge < -0.3 is 15.2 Å². The maximum absolute atomic E-state index is 11.8. The molecular formula is C12H14N2O6. The highest BCUT2D eigenvalue weighted by Crippen LogP contribution is 2.29. The van der Waals surface area contributed by atoms with Gasteiger partial charge in [0.05, 0.1) is 24.0 Å². The second kappa shape index (κ2) is 6.50. The average Bonchev–Trinajstić information content (AvgIpc) is 2.37. The molecule has 0 radical (unpaired) electrons. The lowest BCUT2D eigenvalue weighted by molar-refractivity contribution is -0.385. The Bertz CT molecular complexity index is 555. The van der Waals surface area contributed by atoms with Gasteiger partial charge in [0.15, 0.2) is 0 Å². The zero-order valence-corrected chi connectivity index (χ0v) is 11.0. The van der Waals surface area contributed by atoms with Crippen LogP contribution in [0.4, 0.5) is 5.69 Å². The minimum absolute atomic E-state index is 0.0459. The number of hydrogen-bond donors (Lipinski definition) is 2. The molecule has 1 amide bonds. The van der Waals surface area contributed by atoms with Gasteiger partial charge in [-0.15, -0.1) is 0 Å². The maximum Gasteiger partial charge on any atom is 0.305 e. The molecule has 0 saturated carbocycles. The van der Waals surface area contributed by atoms with E-state index in [-0.39, 0.29) is 30.0 Å². The standard InChI is InChI=1S/C12H14N2O6/c1-7-9(14(18)19)5-8(6-10(7)20-2)12(17)13-4-3-11(15)16/h5-6H,3-4H2,1-2H3,(H,13,17)(H,15,16). The fraction of sp³-hybridized carbons (Fsp3) is 0.333.